The Morgan fingerprint density at radius 3 is 2.84 bits per heavy atom. The van der Waals surface area contributed by atoms with Crippen LogP contribution in [0.2, 0.25) is 0 Å². The zero-order valence-corrected chi connectivity index (χ0v) is 10.7. The Morgan fingerprint density at radius 1 is 1.26 bits per heavy atom. The normalized spacial score (nSPS) is 12.1. The van der Waals surface area contributed by atoms with E-state index in [0.717, 1.165) is 0 Å². The van der Waals surface area contributed by atoms with E-state index < -0.39 is 9.84 Å². The zero-order chi connectivity index (χ0) is 13.5. The van der Waals surface area contributed by atoms with Gasteiger partial charge in [0.1, 0.15) is 22.7 Å². The molecule has 19 heavy (non-hydrogen) atoms. The minimum Gasteiger partial charge on any atom is -0.464 e. The van der Waals surface area contributed by atoms with Gasteiger partial charge in [0.25, 0.3) is 0 Å². The number of aryl methyl sites for hydroxylation is 1. The van der Waals surface area contributed by atoms with Crippen LogP contribution < -0.4 is 0 Å². The SMILES string of the molecule is Cc1nonc1CS(=O)(=O)c1nccc2occc12. The smallest absolute Gasteiger partial charge is 0.202 e. The van der Waals surface area contributed by atoms with Crippen LogP contribution in [0.25, 0.3) is 11.0 Å². The van der Waals surface area contributed by atoms with Gasteiger partial charge in [-0.15, -0.1) is 0 Å². The van der Waals surface area contributed by atoms with Crippen LogP contribution in [0.4, 0.5) is 0 Å². The monoisotopic (exact) mass is 279 g/mol. The maximum Gasteiger partial charge on any atom is 0.202 e. The van der Waals surface area contributed by atoms with Crippen LogP contribution in [0.15, 0.2) is 38.7 Å². The molecule has 0 radical (unpaired) electrons. The lowest BCUT2D eigenvalue weighted by Crippen LogP contribution is -2.08. The highest BCUT2D eigenvalue weighted by atomic mass is 32.2. The predicted octanol–water partition coefficient (Wildman–Crippen LogP) is 1.49. The molecule has 0 amide bonds. The number of pyridine rings is 1. The third-order valence-corrected chi connectivity index (χ3v) is 4.28. The Kier molecular flexibility index (Phi) is 2.59. The highest BCUT2D eigenvalue weighted by Crippen LogP contribution is 2.24. The first-order valence-corrected chi connectivity index (χ1v) is 7.06. The largest absolute Gasteiger partial charge is 0.464 e. The van der Waals surface area contributed by atoms with Crippen molar-refractivity contribution in [3.05, 3.63) is 36.0 Å². The van der Waals surface area contributed by atoms with E-state index in [1.807, 2.05) is 0 Å². The van der Waals surface area contributed by atoms with Crippen LogP contribution in [0.1, 0.15) is 11.4 Å². The molecule has 0 fully saturated rings. The summed E-state index contributed by atoms with van der Waals surface area (Å²) in [5.74, 6) is -0.306. The van der Waals surface area contributed by atoms with Gasteiger partial charge in [-0.3, -0.25) is 0 Å². The van der Waals surface area contributed by atoms with Crippen LogP contribution in [-0.4, -0.2) is 23.7 Å². The van der Waals surface area contributed by atoms with Gasteiger partial charge in [-0.2, -0.15) is 0 Å². The third-order valence-electron chi connectivity index (χ3n) is 2.71. The van der Waals surface area contributed by atoms with Gasteiger partial charge in [0.05, 0.1) is 11.6 Å². The van der Waals surface area contributed by atoms with Crippen molar-refractivity contribution in [3.63, 3.8) is 0 Å². The van der Waals surface area contributed by atoms with Crippen molar-refractivity contribution in [1.82, 2.24) is 15.3 Å². The molecule has 0 spiro atoms. The molecule has 0 saturated carbocycles. The summed E-state index contributed by atoms with van der Waals surface area (Å²) in [6, 6.07) is 3.18. The maximum absolute atomic E-state index is 12.4. The Morgan fingerprint density at radius 2 is 2.11 bits per heavy atom. The van der Waals surface area contributed by atoms with Crippen LogP contribution in [-0.2, 0) is 15.6 Å². The van der Waals surface area contributed by atoms with Gasteiger partial charge in [0.2, 0.25) is 9.84 Å². The van der Waals surface area contributed by atoms with Gasteiger partial charge in [0.15, 0.2) is 5.03 Å². The van der Waals surface area contributed by atoms with Crippen molar-refractivity contribution in [2.24, 2.45) is 0 Å². The number of rotatable bonds is 3. The molecule has 0 saturated heterocycles. The second-order valence-electron chi connectivity index (χ2n) is 4.00. The number of hydrogen-bond acceptors (Lipinski definition) is 7. The maximum atomic E-state index is 12.4. The van der Waals surface area contributed by atoms with E-state index in [1.165, 1.54) is 12.5 Å². The van der Waals surface area contributed by atoms with E-state index in [0.29, 0.717) is 16.7 Å². The minimum absolute atomic E-state index is 0.0267. The Balaban J connectivity index is 2.10. The summed E-state index contributed by atoms with van der Waals surface area (Å²) in [7, 11) is -3.64. The lowest BCUT2D eigenvalue weighted by Gasteiger charge is -2.02. The number of aromatic nitrogens is 3. The van der Waals surface area contributed by atoms with Crippen LogP contribution >= 0.6 is 0 Å². The van der Waals surface area contributed by atoms with Crippen molar-refractivity contribution < 1.29 is 17.5 Å². The summed E-state index contributed by atoms with van der Waals surface area (Å²) in [6.45, 7) is 1.63. The summed E-state index contributed by atoms with van der Waals surface area (Å²) >= 11 is 0. The number of hydrogen-bond donors (Lipinski definition) is 0. The third kappa shape index (κ3) is 1.99. The van der Waals surface area contributed by atoms with Crippen LogP contribution in [0.3, 0.4) is 0 Å². The first kappa shape index (κ1) is 11.8. The van der Waals surface area contributed by atoms with E-state index in [1.54, 1.807) is 19.1 Å². The van der Waals surface area contributed by atoms with Crippen molar-refractivity contribution in [3.8, 4) is 0 Å². The molecule has 3 aromatic rings. The van der Waals surface area contributed by atoms with Gasteiger partial charge >= 0.3 is 0 Å². The standard InChI is InChI=1S/C11H9N3O4S/c1-7-9(14-18-13-7)6-19(15,16)11-8-3-5-17-10(8)2-4-12-11/h2-5H,6H2,1H3. The molecule has 3 heterocycles. The highest BCUT2D eigenvalue weighted by molar-refractivity contribution is 7.90. The Hall–Kier alpha value is -2.22. The van der Waals surface area contributed by atoms with Crippen LogP contribution in [0.5, 0.6) is 0 Å². The molecular weight excluding hydrogens is 270 g/mol. The summed E-state index contributed by atoms with van der Waals surface area (Å²) in [5.41, 5.74) is 1.20. The van der Waals surface area contributed by atoms with Crippen molar-refractivity contribution in [1.29, 1.82) is 0 Å². The summed E-state index contributed by atoms with van der Waals surface area (Å²) < 4.78 is 34.4. The zero-order valence-electron chi connectivity index (χ0n) is 9.90. The first-order valence-electron chi connectivity index (χ1n) is 5.41. The van der Waals surface area contributed by atoms with Crippen LogP contribution in [0, 0.1) is 6.92 Å². The fraction of sp³-hybridized carbons (Fsp3) is 0.182. The number of nitrogens with zero attached hydrogens (tertiary/aromatic N) is 3. The highest BCUT2D eigenvalue weighted by Gasteiger charge is 2.23. The average molecular weight is 279 g/mol. The summed E-state index contributed by atoms with van der Waals surface area (Å²) in [4.78, 5) is 3.93. The molecule has 7 nitrogen and oxygen atoms in total. The first-order chi connectivity index (χ1) is 9.08. The van der Waals surface area contributed by atoms with Crippen molar-refractivity contribution in [2.75, 3.05) is 0 Å². The molecule has 0 aliphatic carbocycles. The van der Waals surface area contributed by atoms with Gasteiger partial charge in [-0.25, -0.2) is 18.0 Å². The molecule has 0 bridgehead atoms. The second-order valence-corrected chi connectivity index (χ2v) is 5.91. The van der Waals surface area contributed by atoms with E-state index in [2.05, 4.69) is 19.9 Å². The average Bonchev–Trinajstić information content (AvgIpc) is 2.98. The van der Waals surface area contributed by atoms with Crippen molar-refractivity contribution in [2.45, 2.75) is 17.7 Å². The predicted molar refractivity (Wildman–Crippen MR) is 63.9 cm³/mol. The molecule has 98 valence electrons. The fourth-order valence-electron chi connectivity index (χ4n) is 1.75. The van der Waals surface area contributed by atoms with E-state index in [9.17, 15) is 8.42 Å². The van der Waals surface area contributed by atoms with E-state index in [-0.39, 0.29) is 16.5 Å². The lowest BCUT2D eigenvalue weighted by atomic mass is 10.3. The molecule has 0 atom stereocenters. The quantitative estimate of drug-likeness (QED) is 0.716. The Bertz CT molecular complexity index is 834. The lowest BCUT2D eigenvalue weighted by molar-refractivity contribution is 0.302. The number of fused-ring (bicyclic) bond motifs is 1. The van der Waals surface area contributed by atoms with E-state index in [4.69, 9.17) is 4.42 Å². The molecule has 0 aliphatic rings. The molecule has 0 N–H and O–H groups in total. The number of furan rings is 1. The summed E-state index contributed by atoms with van der Waals surface area (Å²) in [6.07, 6.45) is 2.82. The van der Waals surface area contributed by atoms with Gasteiger partial charge < -0.3 is 4.42 Å². The van der Waals surface area contributed by atoms with E-state index >= 15 is 0 Å². The van der Waals surface area contributed by atoms with Gasteiger partial charge in [-0.1, -0.05) is 10.3 Å². The molecule has 0 unspecified atom stereocenters. The molecule has 3 rings (SSSR count). The van der Waals surface area contributed by atoms with Crippen molar-refractivity contribution >= 4 is 20.8 Å². The Labute approximate surface area is 108 Å². The number of sulfone groups is 1. The molecule has 0 aliphatic heterocycles. The molecular formula is C11H9N3O4S. The van der Waals surface area contributed by atoms with Gasteiger partial charge in [0, 0.05) is 6.20 Å². The fourth-order valence-corrected chi connectivity index (χ4v) is 3.23. The molecule has 8 heteroatoms. The molecule has 0 aromatic carbocycles. The topological polar surface area (TPSA) is 99.1 Å². The second kappa shape index (κ2) is 4.16. The van der Waals surface area contributed by atoms with Gasteiger partial charge in [-0.05, 0) is 19.1 Å². The minimum atomic E-state index is -3.64. The molecule has 3 aromatic heterocycles. The summed E-state index contributed by atoms with van der Waals surface area (Å²) in [5, 5.41) is 7.56.